The molecule has 2 amide bonds. The Morgan fingerprint density at radius 3 is 2.76 bits per heavy atom. The van der Waals surface area contributed by atoms with E-state index in [0.717, 1.165) is 49.4 Å². The number of aryl methyl sites for hydroxylation is 1. The zero-order valence-electron chi connectivity index (χ0n) is 20.3. The van der Waals surface area contributed by atoms with Crippen molar-refractivity contribution in [1.29, 1.82) is 0 Å². The highest BCUT2D eigenvalue weighted by Gasteiger charge is 2.52. The lowest BCUT2D eigenvalue weighted by molar-refractivity contribution is -0.157. The third kappa shape index (κ3) is 4.53. The number of benzene rings is 1. The quantitative estimate of drug-likeness (QED) is 0.644. The maximum atomic E-state index is 13.5. The van der Waals surface area contributed by atoms with Crippen molar-refractivity contribution in [2.75, 3.05) is 6.54 Å². The lowest BCUT2D eigenvalue weighted by Gasteiger charge is -2.51. The summed E-state index contributed by atoms with van der Waals surface area (Å²) in [6, 6.07) is 8.79. The third-order valence-corrected chi connectivity index (χ3v) is 9.00. The molecule has 2 aliphatic carbocycles. The van der Waals surface area contributed by atoms with Crippen molar-refractivity contribution in [3.63, 3.8) is 0 Å². The predicted molar refractivity (Wildman–Crippen MR) is 136 cm³/mol. The number of rotatable bonds is 6. The normalized spacial score (nSPS) is 28.9. The number of nitrogens with one attached hydrogen (secondary N) is 2. The van der Waals surface area contributed by atoms with Crippen LogP contribution in [0.4, 0.5) is 0 Å². The number of fused-ring (bicyclic) bond motifs is 3. The number of hydrogen-bond acceptors (Lipinski definition) is 6. The second kappa shape index (κ2) is 10.2. The van der Waals surface area contributed by atoms with Crippen molar-refractivity contribution in [2.45, 2.75) is 89.3 Å². The smallest absolute Gasteiger partial charge is 0.230 e. The summed E-state index contributed by atoms with van der Waals surface area (Å²) in [7, 11) is 0. The van der Waals surface area contributed by atoms with Gasteiger partial charge in [0.25, 0.3) is 0 Å². The number of hydrazone groups is 1. The number of thioether (sulfide) groups is 1. The minimum absolute atomic E-state index is 0.0109. The monoisotopic (exact) mass is 483 g/mol. The number of carbonyl (C=O) groups is 2. The maximum Gasteiger partial charge on any atom is 0.230 e. The van der Waals surface area contributed by atoms with E-state index in [9.17, 15) is 9.59 Å². The van der Waals surface area contributed by atoms with Crippen LogP contribution in [0.3, 0.4) is 0 Å². The van der Waals surface area contributed by atoms with Gasteiger partial charge in [-0.3, -0.25) is 15.0 Å². The second-order valence-corrected chi connectivity index (χ2v) is 11.2. The summed E-state index contributed by atoms with van der Waals surface area (Å²) in [4.78, 5) is 30.9. The number of amidine groups is 1. The van der Waals surface area contributed by atoms with Gasteiger partial charge in [0.1, 0.15) is 0 Å². The molecule has 2 N–H and O–H groups in total. The summed E-state index contributed by atoms with van der Waals surface area (Å²) in [5.41, 5.74) is 5.83. The van der Waals surface area contributed by atoms with Crippen LogP contribution in [-0.4, -0.2) is 51.7 Å². The Balaban J connectivity index is 1.34. The molecule has 2 saturated carbocycles. The first kappa shape index (κ1) is 23.5. The van der Waals surface area contributed by atoms with Crippen LogP contribution in [0.1, 0.15) is 69.4 Å². The van der Waals surface area contributed by atoms with Crippen LogP contribution < -0.4 is 10.7 Å². The minimum atomic E-state index is -0.246. The van der Waals surface area contributed by atoms with Crippen LogP contribution in [0, 0.1) is 18.8 Å². The van der Waals surface area contributed by atoms with Gasteiger partial charge in [0.2, 0.25) is 11.8 Å². The van der Waals surface area contributed by atoms with E-state index in [2.05, 4.69) is 53.8 Å². The molecule has 4 aliphatic rings. The Bertz CT molecular complexity index is 947. The highest BCUT2D eigenvalue weighted by Crippen LogP contribution is 2.41. The lowest BCUT2D eigenvalue weighted by atomic mass is 9.75. The van der Waals surface area contributed by atoms with Crippen LogP contribution in [0.15, 0.2) is 29.4 Å². The molecular formula is C26H37N5O2S. The maximum absolute atomic E-state index is 13.5. The molecule has 5 rings (SSSR count). The van der Waals surface area contributed by atoms with Gasteiger partial charge in [0.15, 0.2) is 11.5 Å². The first-order chi connectivity index (χ1) is 16.6. The number of hydrogen-bond donors (Lipinski definition) is 2. The third-order valence-electron chi connectivity index (χ3n) is 7.98. The lowest BCUT2D eigenvalue weighted by Crippen LogP contribution is -2.68. The SMILES string of the molecule is CCCN1C(=O)C2CCC(C(=O)NC3CCCC3)CC2N2C(SCc3ccccc3C)=NNC12. The zero-order valence-corrected chi connectivity index (χ0v) is 21.2. The van der Waals surface area contributed by atoms with Crippen LogP contribution >= 0.6 is 11.8 Å². The molecule has 2 heterocycles. The minimum Gasteiger partial charge on any atom is -0.353 e. The molecule has 0 radical (unpaired) electrons. The summed E-state index contributed by atoms with van der Waals surface area (Å²) >= 11 is 1.72. The fraction of sp³-hybridized carbons (Fsp3) is 0.654. The van der Waals surface area contributed by atoms with Crippen molar-refractivity contribution in [2.24, 2.45) is 16.9 Å². The fourth-order valence-electron chi connectivity index (χ4n) is 6.08. The van der Waals surface area contributed by atoms with E-state index in [1.807, 2.05) is 4.90 Å². The summed E-state index contributed by atoms with van der Waals surface area (Å²) in [6.45, 7) is 4.96. The topological polar surface area (TPSA) is 77.0 Å². The van der Waals surface area contributed by atoms with Gasteiger partial charge in [-0.05, 0) is 56.6 Å². The van der Waals surface area contributed by atoms with E-state index in [4.69, 9.17) is 5.10 Å². The van der Waals surface area contributed by atoms with E-state index < -0.39 is 0 Å². The average molecular weight is 484 g/mol. The zero-order chi connectivity index (χ0) is 23.7. The highest BCUT2D eigenvalue weighted by molar-refractivity contribution is 8.13. The van der Waals surface area contributed by atoms with Gasteiger partial charge >= 0.3 is 0 Å². The molecule has 0 bridgehead atoms. The average Bonchev–Trinajstić information content (AvgIpc) is 3.51. The Labute approximate surface area is 207 Å². The summed E-state index contributed by atoms with van der Waals surface area (Å²) in [5.74, 6) is 1.14. The number of amides is 2. The fourth-order valence-corrected chi connectivity index (χ4v) is 7.19. The molecule has 1 saturated heterocycles. The molecular weight excluding hydrogens is 446 g/mol. The molecule has 4 atom stereocenters. The summed E-state index contributed by atoms with van der Waals surface area (Å²) < 4.78 is 0. The Morgan fingerprint density at radius 1 is 1.21 bits per heavy atom. The van der Waals surface area contributed by atoms with Crippen molar-refractivity contribution < 1.29 is 9.59 Å². The van der Waals surface area contributed by atoms with E-state index >= 15 is 0 Å². The molecule has 0 aromatic heterocycles. The Morgan fingerprint density at radius 2 is 2.00 bits per heavy atom. The van der Waals surface area contributed by atoms with E-state index in [-0.39, 0.29) is 36.0 Å². The molecule has 34 heavy (non-hydrogen) atoms. The molecule has 7 nitrogen and oxygen atoms in total. The van der Waals surface area contributed by atoms with E-state index in [0.29, 0.717) is 12.6 Å². The molecule has 184 valence electrons. The van der Waals surface area contributed by atoms with Gasteiger partial charge in [-0.25, -0.2) is 0 Å². The van der Waals surface area contributed by atoms with Gasteiger partial charge in [-0.2, -0.15) is 5.10 Å². The molecule has 8 heteroatoms. The van der Waals surface area contributed by atoms with Crippen LogP contribution in [0.5, 0.6) is 0 Å². The van der Waals surface area contributed by atoms with Crippen molar-refractivity contribution >= 4 is 28.7 Å². The number of nitrogens with zero attached hydrogens (tertiary/aromatic N) is 3. The van der Waals surface area contributed by atoms with Gasteiger partial charge < -0.3 is 15.1 Å². The van der Waals surface area contributed by atoms with Crippen LogP contribution in [-0.2, 0) is 15.3 Å². The van der Waals surface area contributed by atoms with Crippen molar-refractivity contribution in [1.82, 2.24) is 20.5 Å². The summed E-state index contributed by atoms with van der Waals surface area (Å²) in [5, 5.41) is 8.94. The highest BCUT2D eigenvalue weighted by atomic mass is 32.2. The van der Waals surface area contributed by atoms with Crippen LogP contribution in [0.2, 0.25) is 0 Å². The predicted octanol–water partition coefficient (Wildman–Crippen LogP) is 3.78. The Hall–Kier alpha value is -2.22. The van der Waals surface area contributed by atoms with Crippen molar-refractivity contribution in [3.8, 4) is 0 Å². The van der Waals surface area contributed by atoms with Gasteiger partial charge in [-0.15, -0.1) is 0 Å². The standard InChI is InChI=1S/C26H37N5O2S/c1-3-14-30-24(33)21-13-12-18(23(32)27-20-10-6-7-11-20)15-22(21)31-25(30)28-29-26(31)34-16-19-9-5-4-8-17(19)2/h4-5,8-9,18,20-22,25,28H,3,6-7,10-16H2,1-2H3,(H,27,32). The van der Waals surface area contributed by atoms with Gasteiger partial charge in [-0.1, -0.05) is 55.8 Å². The largest absolute Gasteiger partial charge is 0.353 e. The Kier molecular flexibility index (Phi) is 7.04. The number of carbonyl (C=O) groups excluding carboxylic acids is 2. The van der Waals surface area contributed by atoms with Gasteiger partial charge in [0.05, 0.1) is 5.92 Å². The second-order valence-electron chi connectivity index (χ2n) is 10.2. The molecule has 0 spiro atoms. The molecule has 3 fully saturated rings. The molecule has 1 aromatic carbocycles. The van der Waals surface area contributed by atoms with E-state index in [1.165, 1.54) is 24.0 Å². The van der Waals surface area contributed by atoms with Gasteiger partial charge in [0, 0.05) is 30.3 Å². The molecule has 1 aromatic rings. The first-order valence-corrected chi connectivity index (χ1v) is 13.9. The molecule has 2 aliphatic heterocycles. The van der Waals surface area contributed by atoms with Crippen molar-refractivity contribution in [3.05, 3.63) is 35.4 Å². The first-order valence-electron chi connectivity index (χ1n) is 13.0. The van der Waals surface area contributed by atoms with E-state index in [1.54, 1.807) is 11.8 Å². The van der Waals surface area contributed by atoms with Crippen LogP contribution in [0.25, 0.3) is 0 Å². The molecule has 4 unspecified atom stereocenters. The summed E-state index contributed by atoms with van der Waals surface area (Å²) in [6.07, 6.45) is 7.56.